The Balaban J connectivity index is 1.26. The largest absolute Gasteiger partial charge is 0.463 e. The first-order chi connectivity index (χ1) is 13.7. The predicted molar refractivity (Wildman–Crippen MR) is 95.3 cm³/mol. The third kappa shape index (κ3) is 2.71. The third-order valence-corrected chi connectivity index (χ3v) is 4.60. The maximum Gasteiger partial charge on any atom is 0.274 e. The van der Waals surface area contributed by atoms with Crippen LogP contribution in [0.2, 0.25) is 0 Å². The summed E-state index contributed by atoms with van der Waals surface area (Å²) in [6, 6.07) is 8.52. The molecule has 0 radical (unpaired) electrons. The smallest absolute Gasteiger partial charge is 0.274 e. The minimum absolute atomic E-state index is 0.0727. The van der Waals surface area contributed by atoms with Gasteiger partial charge in [0.1, 0.15) is 5.69 Å². The van der Waals surface area contributed by atoms with Crippen molar-refractivity contribution in [1.82, 2.24) is 30.2 Å². The van der Waals surface area contributed by atoms with Crippen LogP contribution in [0.3, 0.4) is 0 Å². The van der Waals surface area contributed by atoms with Gasteiger partial charge in [0.15, 0.2) is 11.5 Å². The highest BCUT2D eigenvalue weighted by molar-refractivity contribution is 5.93. The van der Waals surface area contributed by atoms with Gasteiger partial charge >= 0.3 is 0 Å². The van der Waals surface area contributed by atoms with Crippen LogP contribution in [0.1, 0.15) is 22.3 Å². The van der Waals surface area contributed by atoms with E-state index in [-0.39, 0.29) is 23.2 Å². The van der Waals surface area contributed by atoms with Gasteiger partial charge < -0.3 is 18.8 Å². The number of furan rings is 1. The average Bonchev–Trinajstić information content (AvgIpc) is 3.41. The van der Waals surface area contributed by atoms with Gasteiger partial charge in [-0.3, -0.25) is 14.7 Å². The molecule has 10 heteroatoms. The number of H-pyrrole nitrogens is 2. The molecule has 0 saturated carbocycles. The van der Waals surface area contributed by atoms with Gasteiger partial charge in [-0.15, -0.1) is 0 Å². The van der Waals surface area contributed by atoms with Crippen LogP contribution < -0.4 is 5.56 Å². The third-order valence-electron chi connectivity index (χ3n) is 4.60. The number of hydrogen-bond acceptors (Lipinski definition) is 7. The second kappa shape index (κ2) is 6.34. The fourth-order valence-corrected chi connectivity index (χ4v) is 3.06. The molecule has 28 heavy (non-hydrogen) atoms. The maximum atomic E-state index is 12.6. The van der Waals surface area contributed by atoms with E-state index in [0.29, 0.717) is 41.7 Å². The predicted octanol–water partition coefficient (Wildman–Crippen LogP) is 1.65. The van der Waals surface area contributed by atoms with E-state index in [9.17, 15) is 9.59 Å². The number of aromatic amines is 2. The molecule has 0 aromatic carbocycles. The average molecular weight is 378 g/mol. The molecule has 4 aromatic heterocycles. The van der Waals surface area contributed by atoms with Crippen LogP contribution in [0, 0.1) is 0 Å². The van der Waals surface area contributed by atoms with Gasteiger partial charge in [-0.2, -0.15) is 10.1 Å². The molecule has 0 unspecified atom stereocenters. The van der Waals surface area contributed by atoms with Gasteiger partial charge in [-0.25, -0.2) is 0 Å². The Morgan fingerprint density at radius 2 is 2.14 bits per heavy atom. The number of carbonyl (C=O) groups is 1. The fourth-order valence-electron chi connectivity index (χ4n) is 3.06. The van der Waals surface area contributed by atoms with Crippen LogP contribution in [0.4, 0.5) is 0 Å². The molecule has 1 amide bonds. The summed E-state index contributed by atoms with van der Waals surface area (Å²) in [6.45, 7) is 0.878. The Kier molecular flexibility index (Phi) is 3.68. The maximum absolute atomic E-state index is 12.6. The second-order valence-electron chi connectivity index (χ2n) is 6.42. The molecule has 0 spiro atoms. The lowest BCUT2D eigenvalue weighted by atomic mass is 9.99. The second-order valence-corrected chi connectivity index (χ2v) is 6.42. The Hall–Kier alpha value is -3.95. The van der Waals surface area contributed by atoms with Crippen molar-refractivity contribution in [3.05, 3.63) is 64.7 Å². The summed E-state index contributed by atoms with van der Waals surface area (Å²) in [4.78, 5) is 32.9. The van der Waals surface area contributed by atoms with Crippen LogP contribution in [0.25, 0.3) is 22.8 Å². The van der Waals surface area contributed by atoms with Gasteiger partial charge in [0, 0.05) is 25.4 Å². The van der Waals surface area contributed by atoms with E-state index in [4.69, 9.17) is 8.94 Å². The SMILES string of the molecule is O=C(c1cc(-c2ccco2)[nH]n1)N1CC(c2nc(-c3ccc[nH]c3=O)no2)C1. The molecular formula is C18H14N6O4. The lowest BCUT2D eigenvalue weighted by Gasteiger charge is -2.36. The number of nitrogens with zero attached hydrogens (tertiary/aromatic N) is 4. The monoisotopic (exact) mass is 378 g/mol. The van der Waals surface area contributed by atoms with Crippen molar-refractivity contribution >= 4 is 5.91 Å². The number of pyridine rings is 1. The summed E-state index contributed by atoms with van der Waals surface area (Å²) in [5.41, 5.74) is 1.00. The number of carbonyl (C=O) groups excluding carboxylic acids is 1. The minimum Gasteiger partial charge on any atom is -0.463 e. The van der Waals surface area contributed by atoms with Crippen LogP contribution in [0.15, 0.2) is 56.5 Å². The topological polar surface area (TPSA) is 134 Å². The minimum atomic E-state index is -0.286. The number of aromatic nitrogens is 5. The van der Waals surface area contributed by atoms with E-state index in [1.165, 1.54) is 6.20 Å². The zero-order valence-corrected chi connectivity index (χ0v) is 14.5. The van der Waals surface area contributed by atoms with E-state index in [0.717, 1.165) is 0 Å². The normalized spacial score (nSPS) is 14.2. The number of rotatable bonds is 4. The molecule has 1 fully saturated rings. The van der Waals surface area contributed by atoms with E-state index >= 15 is 0 Å². The summed E-state index contributed by atoms with van der Waals surface area (Å²) in [7, 11) is 0. The first-order valence-electron chi connectivity index (χ1n) is 8.59. The Bertz CT molecular complexity index is 1180. The summed E-state index contributed by atoms with van der Waals surface area (Å²) in [5, 5.41) is 10.7. The van der Waals surface area contributed by atoms with E-state index in [2.05, 4.69) is 25.3 Å². The van der Waals surface area contributed by atoms with Crippen molar-refractivity contribution in [2.24, 2.45) is 0 Å². The zero-order chi connectivity index (χ0) is 19.1. The highest BCUT2D eigenvalue weighted by atomic mass is 16.5. The lowest BCUT2D eigenvalue weighted by Crippen LogP contribution is -2.48. The van der Waals surface area contributed by atoms with Crippen LogP contribution in [-0.4, -0.2) is 49.2 Å². The molecule has 1 aliphatic heterocycles. The molecule has 5 heterocycles. The van der Waals surface area contributed by atoms with Gasteiger partial charge in [0.05, 0.1) is 17.7 Å². The van der Waals surface area contributed by atoms with Gasteiger partial charge in [0.25, 0.3) is 11.5 Å². The molecular weight excluding hydrogens is 364 g/mol. The summed E-state index contributed by atoms with van der Waals surface area (Å²) in [6.07, 6.45) is 3.09. The molecule has 0 aliphatic carbocycles. The molecule has 0 bridgehead atoms. The quantitative estimate of drug-likeness (QED) is 0.551. The number of likely N-dealkylation sites (tertiary alicyclic amines) is 1. The molecule has 4 aromatic rings. The number of nitrogens with one attached hydrogen (secondary N) is 2. The number of amides is 1. The molecule has 5 rings (SSSR count). The van der Waals surface area contributed by atoms with Gasteiger partial charge in [0.2, 0.25) is 11.7 Å². The van der Waals surface area contributed by atoms with Crippen LogP contribution in [-0.2, 0) is 0 Å². The van der Waals surface area contributed by atoms with Crippen molar-refractivity contribution in [2.45, 2.75) is 5.92 Å². The van der Waals surface area contributed by atoms with Crippen LogP contribution >= 0.6 is 0 Å². The Morgan fingerprint density at radius 1 is 1.25 bits per heavy atom. The van der Waals surface area contributed by atoms with E-state index in [1.807, 2.05) is 0 Å². The van der Waals surface area contributed by atoms with Crippen LogP contribution in [0.5, 0.6) is 0 Å². The zero-order valence-electron chi connectivity index (χ0n) is 14.5. The Morgan fingerprint density at radius 3 is 2.93 bits per heavy atom. The van der Waals surface area contributed by atoms with Crippen molar-refractivity contribution < 1.29 is 13.7 Å². The van der Waals surface area contributed by atoms with Gasteiger partial charge in [-0.05, 0) is 24.3 Å². The van der Waals surface area contributed by atoms with E-state index in [1.54, 1.807) is 41.5 Å². The van der Waals surface area contributed by atoms with Crippen molar-refractivity contribution in [2.75, 3.05) is 13.1 Å². The Labute approximate surface area is 157 Å². The molecule has 10 nitrogen and oxygen atoms in total. The highest BCUT2D eigenvalue weighted by Gasteiger charge is 2.37. The molecule has 2 N–H and O–H groups in total. The summed E-state index contributed by atoms with van der Waals surface area (Å²) < 4.78 is 10.6. The molecule has 140 valence electrons. The highest BCUT2D eigenvalue weighted by Crippen LogP contribution is 2.28. The summed E-state index contributed by atoms with van der Waals surface area (Å²) in [5.74, 6) is 0.987. The fraction of sp³-hybridized carbons (Fsp3) is 0.167. The summed E-state index contributed by atoms with van der Waals surface area (Å²) >= 11 is 0. The van der Waals surface area contributed by atoms with Gasteiger partial charge in [-0.1, -0.05) is 5.16 Å². The molecule has 0 atom stereocenters. The first kappa shape index (κ1) is 16.2. The molecule has 1 aliphatic rings. The van der Waals surface area contributed by atoms with Crippen molar-refractivity contribution in [3.8, 4) is 22.8 Å². The van der Waals surface area contributed by atoms with Crippen molar-refractivity contribution in [1.29, 1.82) is 0 Å². The number of hydrogen-bond donors (Lipinski definition) is 2. The first-order valence-corrected chi connectivity index (χ1v) is 8.59. The standard InChI is InChI=1S/C18H14N6O4/c25-16-11(3-1-5-19-16)15-20-17(28-23-15)10-8-24(9-10)18(26)13-7-12(21-22-13)14-4-2-6-27-14/h1-7,10H,8-9H2,(H,19,25)(H,21,22). The van der Waals surface area contributed by atoms with E-state index < -0.39 is 0 Å². The lowest BCUT2D eigenvalue weighted by molar-refractivity contribution is 0.0563. The van der Waals surface area contributed by atoms with Crippen molar-refractivity contribution in [3.63, 3.8) is 0 Å². The molecule has 1 saturated heterocycles.